The number of anilines is 1. The number of ether oxygens (including phenoxy) is 1. The van der Waals surface area contributed by atoms with Crippen molar-refractivity contribution in [1.82, 2.24) is 19.7 Å². The van der Waals surface area contributed by atoms with E-state index in [-0.39, 0.29) is 48.3 Å². The normalized spacial score (nSPS) is 11.8. The van der Waals surface area contributed by atoms with Crippen molar-refractivity contribution in [2.24, 2.45) is 5.41 Å². The van der Waals surface area contributed by atoms with Crippen LogP contribution >= 0.6 is 11.6 Å². The first-order chi connectivity index (χ1) is 19.2. The molecule has 0 aliphatic heterocycles. The highest BCUT2D eigenvalue weighted by molar-refractivity contribution is 7.85. The summed E-state index contributed by atoms with van der Waals surface area (Å²) in [6.07, 6.45) is 2.31. The molecule has 0 radical (unpaired) electrons. The molecule has 0 spiro atoms. The molecule has 0 saturated heterocycles. The van der Waals surface area contributed by atoms with E-state index in [1.54, 1.807) is 62.7 Å². The molecule has 0 atom stereocenters. The van der Waals surface area contributed by atoms with Gasteiger partial charge in [0.1, 0.15) is 11.3 Å². The molecule has 3 aromatic rings. The second-order valence-corrected chi connectivity index (χ2v) is 12.2. The Balaban J connectivity index is 1.76. The highest BCUT2D eigenvalue weighted by Crippen LogP contribution is 2.24. The molecule has 1 aromatic carbocycles. The predicted octanol–water partition coefficient (Wildman–Crippen LogP) is 3.16. The lowest BCUT2D eigenvalue weighted by atomic mass is 9.88. The highest BCUT2D eigenvalue weighted by atomic mass is 35.5. The number of hydrogen-bond donors (Lipinski definition) is 2. The molecule has 2 amide bonds. The first kappa shape index (κ1) is 31.8. The third-order valence-electron chi connectivity index (χ3n) is 5.97. The number of carbonyl (C=O) groups excluding carboxylic acids is 2. The Morgan fingerprint density at radius 3 is 2.49 bits per heavy atom. The van der Waals surface area contributed by atoms with Crippen LogP contribution in [0, 0.1) is 12.3 Å². The molecule has 0 unspecified atom stereocenters. The number of nitrogens with zero attached hydrogens (tertiary/aromatic N) is 3. The third-order valence-corrected chi connectivity index (χ3v) is 6.77. The summed E-state index contributed by atoms with van der Waals surface area (Å²) in [5.74, 6) is -0.734. The first-order valence-corrected chi connectivity index (χ1v) is 15.0. The maximum atomic E-state index is 13.4. The first-order valence-electron chi connectivity index (χ1n) is 12.8. The summed E-state index contributed by atoms with van der Waals surface area (Å²) in [7, 11) is -3.68. The number of carbonyl (C=O) groups is 2. The number of nitrogens with one attached hydrogen (secondary N) is 2. The van der Waals surface area contributed by atoms with E-state index in [4.69, 9.17) is 20.5 Å². The van der Waals surface area contributed by atoms with E-state index in [2.05, 4.69) is 15.6 Å². The van der Waals surface area contributed by atoms with Crippen molar-refractivity contribution in [3.8, 4) is 11.6 Å². The van der Waals surface area contributed by atoms with Gasteiger partial charge in [-0.25, -0.2) is 9.67 Å². The Morgan fingerprint density at radius 1 is 1.17 bits per heavy atom. The van der Waals surface area contributed by atoms with Gasteiger partial charge in [-0.05, 0) is 37.5 Å². The fourth-order valence-corrected chi connectivity index (χ4v) is 4.63. The van der Waals surface area contributed by atoms with Crippen molar-refractivity contribution in [2.75, 3.05) is 31.3 Å². The molecular weight excluding hydrogens is 574 g/mol. The van der Waals surface area contributed by atoms with Gasteiger partial charge >= 0.3 is 0 Å². The Morgan fingerprint density at radius 2 is 1.85 bits per heavy atom. The van der Waals surface area contributed by atoms with Crippen LogP contribution in [0.1, 0.15) is 43.2 Å². The zero-order chi connectivity index (χ0) is 30.4. The van der Waals surface area contributed by atoms with E-state index in [0.29, 0.717) is 18.0 Å². The molecule has 0 aliphatic carbocycles. The van der Waals surface area contributed by atoms with Gasteiger partial charge < -0.3 is 15.4 Å². The largest absolute Gasteiger partial charge is 0.477 e. The van der Waals surface area contributed by atoms with Crippen LogP contribution in [-0.2, 0) is 25.6 Å². The van der Waals surface area contributed by atoms with Gasteiger partial charge in [-0.1, -0.05) is 43.6 Å². The Kier molecular flexibility index (Phi) is 10.3. The van der Waals surface area contributed by atoms with E-state index in [1.165, 1.54) is 16.9 Å². The summed E-state index contributed by atoms with van der Waals surface area (Å²) in [4.78, 5) is 43.4. The van der Waals surface area contributed by atoms with E-state index in [1.807, 2.05) is 0 Å². The van der Waals surface area contributed by atoms with E-state index >= 15 is 0 Å². The quantitative estimate of drug-likeness (QED) is 0.281. The minimum absolute atomic E-state index is 0.0218. The summed E-state index contributed by atoms with van der Waals surface area (Å²) in [6, 6.07) is 10.2. The molecule has 2 heterocycles. The third kappa shape index (κ3) is 8.65. The Labute approximate surface area is 243 Å². The lowest BCUT2D eigenvalue weighted by Gasteiger charge is -2.24. The molecule has 12 nitrogen and oxygen atoms in total. The average Bonchev–Trinajstić information content (AvgIpc) is 3.12. The van der Waals surface area contributed by atoms with Crippen LogP contribution < -0.4 is 20.9 Å². The van der Waals surface area contributed by atoms with Crippen LogP contribution in [0.5, 0.6) is 5.88 Å². The number of hydrogen-bond acceptors (Lipinski definition) is 8. The van der Waals surface area contributed by atoms with Crippen LogP contribution in [0.3, 0.4) is 0 Å². The molecule has 0 aliphatic rings. The molecular formula is C27H34ClN5O7S. The maximum Gasteiger partial charge on any atom is 0.295 e. The van der Waals surface area contributed by atoms with Crippen molar-refractivity contribution < 1.29 is 26.9 Å². The van der Waals surface area contributed by atoms with Gasteiger partial charge in [0.15, 0.2) is 0 Å². The summed E-state index contributed by atoms with van der Waals surface area (Å²) in [5.41, 5.74) is 0.0138. The maximum absolute atomic E-state index is 13.4. The van der Waals surface area contributed by atoms with Gasteiger partial charge in [0, 0.05) is 19.2 Å². The summed E-state index contributed by atoms with van der Waals surface area (Å²) < 4.78 is 36.1. The SMILES string of the molecule is CCOc1ncc(Cl)cc1C(=O)NCC(C)(C)CC(=O)Nc1c(C)n(CCOS(C)(=O)=O)n(-c2ccccc2)c1=O. The lowest BCUT2D eigenvalue weighted by Crippen LogP contribution is -2.37. The topological polar surface area (TPSA) is 151 Å². The van der Waals surface area contributed by atoms with Crippen LogP contribution in [0.15, 0.2) is 47.4 Å². The van der Waals surface area contributed by atoms with Gasteiger partial charge in [-0.3, -0.25) is 23.2 Å². The van der Waals surface area contributed by atoms with Crippen LogP contribution in [0.4, 0.5) is 5.69 Å². The molecule has 41 heavy (non-hydrogen) atoms. The highest BCUT2D eigenvalue weighted by Gasteiger charge is 2.27. The van der Waals surface area contributed by atoms with E-state index in [9.17, 15) is 22.8 Å². The number of halogens is 1. The predicted molar refractivity (Wildman–Crippen MR) is 155 cm³/mol. The van der Waals surface area contributed by atoms with Crippen molar-refractivity contribution in [3.63, 3.8) is 0 Å². The summed E-state index contributed by atoms with van der Waals surface area (Å²) >= 11 is 6.01. The van der Waals surface area contributed by atoms with Crippen LogP contribution in [0.2, 0.25) is 5.02 Å². The summed E-state index contributed by atoms with van der Waals surface area (Å²) in [6.45, 7) is 7.31. The molecule has 2 N–H and O–H groups in total. The lowest BCUT2D eigenvalue weighted by molar-refractivity contribution is -0.118. The Bertz CT molecular complexity index is 1570. The van der Waals surface area contributed by atoms with Crippen molar-refractivity contribution in [3.05, 3.63) is 69.2 Å². The minimum Gasteiger partial charge on any atom is -0.477 e. The van der Waals surface area contributed by atoms with Crippen LogP contribution in [-0.4, -0.2) is 60.6 Å². The number of aromatic nitrogens is 3. The molecule has 0 bridgehead atoms. The molecule has 222 valence electrons. The van der Waals surface area contributed by atoms with Gasteiger partial charge in [0.05, 0.1) is 42.4 Å². The summed E-state index contributed by atoms with van der Waals surface area (Å²) in [5, 5.41) is 5.79. The average molecular weight is 608 g/mol. The molecule has 14 heteroatoms. The number of rotatable bonds is 13. The van der Waals surface area contributed by atoms with Gasteiger partial charge in [-0.15, -0.1) is 0 Å². The second kappa shape index (κ2) is 13.3. The van der Waals surface area contributed by atoms with Crippen molar-refractivity contribution in [2.45, 2.75) is 40.7 Å². The van der Waals surface area contributed by atoms with Gasteiger partial charge in [-0.2, -0.15) is 8.42 Å². The number of para-hydroxylation sites is 1. The fourth-order valence-electron chi connectivity index (χ4n) is 4.10. The second-order valence-electron chi connectivity index (χ2n) is 10.1. The fraction of sp³-hybridized carbons (Fsp3) is 0.407. The number of benzene rings is 1. The standard InChI is InChI=1S/C27H34ClN5O7S/c1-6-39-25-21(14-19(28)16-29-25)24(35)30-17-27(3,4)15-22(34)31-23-18(2)32(12-13-40-41(5,37)38)33(26(23)36)20-10-8-7-9-11-20/h7-11,14,16H,6,12-13,15,17H2,1-5H3,(H,30,35)(H,31,34). The number of pyridine rings is 1. The Hall–Kier alpha value is -3.68. The van der Waals surface area contributed by atoms with Crippen LogP contribution in [0.25, 0.3) is 5.69 Å². The van der Waals surface area contributed by atoms with Crippen molar-refractivity contribution in [1.29, 1.82) is 0 Å². The van der Waals surface area contributed by atoms with E-state index < -0.39 is 32.9 Å². The van der Waals surface area contributed by atoms with Gasteiger partial charge in [0.2, 0.25) is 11.8 Å². The van der Waals surface area contributed by atoms with Gasteiger partial charge in [0.25, 0.3) is 21.6 Å². The van der Waals surface area contributed by atoms with E-state index in [0.717, 1.165) is 6.26 Å². The molecule has 2 aromatic heterocycles. The monoisotopic (exact) mass is 607 g/mol. The number of amides is 2. The zero-order valence-electron chi connectivity index (χ0n) is 23.6. The van der Waals surface area contributed by atoms with Crippen molar-refractivity contribution >= 4 is 39.2 Å². The smallest absolute Gasteiger partial charge is 0.295 e. The molecule has 0 fully saturated rings. The molecule has 3 rings (SSSR count). The minimum atomic E-state index is -3.68. The zero-order valence-corrected chi connectivity index (χ0v) is 25.1. The molecule has 0 saturated carbocycles.